The quantitative estimate of drug-likeness (QED) is 0.654. The molecule has 0 atom stereocenters. The van der Waals surface area contributed by atoms with Crippen LogP contribution in [0.2, 0.25) is 0 Å². The Hall–Kier alpha value is -2.37. The van der Waals surface area contributed by atoms with Gasteiger partial charge in [0, 0.05) is 51.5 Å². The fraction of sp³-hybridized carbons (Fsp3) is 0.435. The van der Waals surface area contributed by atoms with Gasteiger partial charge in [-0.05, 0) is 35.9 Å². The van der Waals surface area contributed by atoms with Gasteiger partial charge in [-0.25, -0.2) is 12.8 Å². The first-order chi connectivity index (χ1) is 15.9. The van der Waals surface area contributed by atoms with Gasteiger partial charge in [-0.15, -0.1) is 0 Å². The largest absolute Gasteiger partial charge is 0.379 e. The normalized spacial score (nSPS) is 18.8. The number of morpholine rings is 1. The third-order valence-electron chi connectivity index (χ3n) is 5.85. The third-order valence-corrected chi connectivity index (χ3v) is 7.75. The lowest BCUT2D eigenvalue weighted by Crippen LogP contribution is -2.48. The van der Waals surface area contributed by atoms with Gasteiger partial charge < -0.3 is 10.1 Å². The Morgan fingerprint density at radius 2 is 1.64 bits per heavy atom. The second-order valence-electron chi connectivity index (χ2n) is 8.27. The number of carbonyl (C=O) groups is 1. The van der Waals surface area contributed by atoms with Gasteiger partial charge >= 0.3 is 0 Å². The maximum absolute atomic E-state index is 13.3. The summed E-state index contributed by atoms with van der Waals surface area (Å²) in [6, 6.07) is 13.0. The molecule has 0 aliphatic carbocycles. The summed E-state index contributed by atoms with van der Waals surface area (Å²) in [6.07, 6.45) is 0. The van der Waals surface area contributed by atoms with Crippen LogP contribution in [0.25, 0.3) is 0 Å². The highest BCUT2D eigenvalue weighted by Crippen LogP contribution is 2.19. The Morgan fingerprint density at radius 3 is 2.36 bits per heavy atom. The van der Waals surface area contributed by atoms with E-state index in [-0.39, 0.29) is 18.3 Å². The predicted molar refractivity (Wildman–Crippen MR) is 123 cm³/mol. The van der Waals surface area contributed by atoms with Crippen molar-refractivity contribution in [3.05, 3.63) is 59.9 Å². The molecule has 2 aromatic rings. The van der Waals surface area contributed by atoms with E-state index in [0.717, 1.165) is 31.7 Å². The molecule has 2 fully saturated rings. The molecule has 0 spiro atoms. The molecular formula is C23H29FN4O4S. The molecule has 1 amide bonds. The molecule has 0 aromatic heterocycles. The van der Waals surface area contributed by atoms with Gasteiger partial charge in [0.2, 0.25) is 15.9 Å². The van der Waals surface area contributed by atoms with Crippen molar-refractivity contribution in [2.45, 2.75) is 11.4 Å². The van der Waals surface area contributed by atoms with Crippen LogP contribution in [0.15, 0.2) is 53.4 Å². The molecule has 0 saturated carbocycles. The summed E-state index contributed by atoms with van der Waals surface area (Å²) in [4.78, 5) is 16.9. The van der Waals surface area contributed by atoms with Crippen LogP contribution in [-0.4, -0.2) is 87.5 Å². The summed E-state index contributed by atoms with van der Waals surface area (Å²) in [7, 11) is -3.52. The standard InChI is InChI=1S/C23H29FN4O4S/c24-20-4-2-5-21(16-20)25-23(29)18-27-9-7-26(8-10-27)17-19-3-1-6-22(15-19)33(30,31)28-11-13-32-14-12-28/h1-6,15-16H,7-14,17-18H2,(H,25,29). The summed E-state index contributed by atoms with van der Waals surface area (Å²) >= 11 is 0. The van der Waals surface area contributed by atoms with E-state index in [2.05, 4.69) is 15.1 Å². The number of ether oxygens (including phenoxy) is 1. The van der Waals surface area contributed by atoms with Crippen LogP contribution in [0.3, 0.4) is 0 Å². The van der Waals surface area contributed by atoms with Gasteiger partial charge in [-0.3, -0.25) is 14.6 Å². The van der Waals surface area contributed by atoms with Gasteiger partial charge in [0.15, 0.2) is 0 Å². The first-order valence-corrected chi connectivity index (χ1v) is 12.5. The van der Waals surface area contributed by atoms with Crippen molar-refractivity contribution in [2.24, 2.45) is 0 Å². The molecular weight excluding hydrogens is 447 g/mol. The lowest BCUT2D eigenvalue weighted by molar-refractivity contribution is -0.117. The van der Waals surface area contributed by atoms with Crippen molar-refractivity contribution in [1.82, 2.24) is 14.1 Å². The number of amides is 1. The van der Waals surface area contributed by atoms with Crippen LogP contribution in [-0.2, 0) is 26.1 Å². The van der Waals surface area contributed by atoms with E-state index < -0.39 is 10.0 Å². The fourth-order valence-electron chi connectivity index (χ4n) is 4.07. The van der Waals surface area contributed by atoms with E-state index in [1.54, 1.807) is 30.3 Å². The number of anilines is 1. The van der Waals surface area contributed by atoms with Gasteiger partial charge in [-0.2, -0.15) is 4.31 Å². The minimum Gasteiger partial charge on any atom is -0.379 e. The summed E-state index contributed by atoms with van der Waals surface area (Å²) in [5.74, 6) is -0.557. The Balaban J connectivity index is 1.27. The molecule has 2 saturated heterocycles. The summed E-state index contributed by atoms with van der Waals surface area (Å²) in [5.41, 5.74) is 1.40. The molecule has 2 aromatic carbocycles. The number of piperazine rings is 1. The van der Waals surface area contributed by atoms with Crippen molar-refractivity contribution in [3.63, 3.8) is 0 Å². The SMILES string of the molecule is O=C(CN1CCN(Cc2cccc(S(=O)(=O)N3CCOCC3)c2)CC1)Nc1cccc(F)c1. The van der Waals surface area contributed by atoms with Crippen LogP contribution >= 0.6 is 0 Å². The maximum Gasteiger partial charge on any atom is 0.243 e. The van der Waals surface area contributed by atoms with Gasteiger partial charge in [0.05, 0.1) is 24.7 Å². The predicted octanol–water partition coefficient (Wildman–Crippen LogP) is 1.60. The van der Waals surface area contributed by atoms with Crippen LogP contribution < -0.4 is 5.32 Å². The average Bonchev–Trinajstić information content (AvgIpc) is 2.81. The lowest BCUT2D eigenvalue weighted by atomic mass is 10.2. The fourth-order valence-corrected chi connectivity index (χ4v) is 5.55. The van der Waals surface area contributed by atoms with Crippen LogP contribution in [0.5, 0.6) is 0 Å². The zero-order chi connectivity index (χ0) is 23.3. The van der Waals surface area contributed by atoms with Crippen LogP contribution in [0.1, 0.15) is 5.56 Å². The highest BCUT2D eigenvalue weighted by molar-refractivity contribution is 7.89. The molecule has 0 bridgehead atoms. The van der Waals surface area contributed by atoms with Crippen LogP contribution in [0, 0.1) is 5.82 Å². The van der Waals surface area contributed by atoms with Gasteiger partial charge in [0.1, 0.15) is 5.82 Å². The molecule has 2 aliphatic heterocycles. The summed E-state index contributed by atoms with van der Waals surface area (Å²) in [5, 5.41) is 2.73. The Kier molecular flexibility index (Phi) is 7.71. The maximum atomic E-state index is 13.3. The third kappa shape index (κ3) is 6.36. The van der Waals surface area contributed by atoms with Crippen LogP contribution in [0.4, 0.5) is 10.1 Å². The van der Waals surface area contributed by atoms with Crippen molar-refractivity contribution in [1.29, 1.82) is 0 Å². The first-order valence-electron chi connectivity index (χ1n) is 11.1. The molecule has 33 heavy (non-hydrogen) atoms. The van der Waals surface area contributed by atoms with E-state index in [1.165, 1.54) is 16.4 Å². The van der Waals surface area contributed by atoms with E-state index in [0.29, 0.717) is 43.4 Å². The average molecular weight is 477 g/mol. The van der Waals surface area contributed by atoms with Crippen molar-refractivity contribution < 1.29 is 22.3 Å². The van der Waals surface area contributed by atoms with Crippen molar-refractivity contribution in [3.8, 4) is 0 Å². The number of halogens is 1. The number of nitrogens with zero attached hydrogens (tertiary/aromatic N) is 3. The van der Waals surface area contributed by atoms with Crippen molar-refractivity contribution in [2.75, 3.05) is 64.3 Å². The number of hydrogen-bond donors (Lipinski definition) is 1. The lowest BCUT2D eigenvalue weighted by Gasteiger charge is -2.34. The second-order valence-corrected chi connectivity index (χ2v) is 10.2. The van der Waals surface area contributed by atoms with Gasteiger partial charge in [0.25, 0.3) is 0 Å². The van der Waals surface area contributed by atoms with E-state index in [1.807, 2.05) is 6.07 Å². The highest BCUT2D eigenvalue weighted by Gasteiger charge is 2.27. The topological polar surface area (TPSA) is 82.2 Å². The van der Waals surface area contributed by atoms with E-state index in [9.17, 15) is 17.6 Å². The minimum atomic E-state index is -3.52. The zero-order valence-electron chi connectivity index (χ0n) is 18.5. The molecule has 0 unspecified atom stereocenters. The highest BCUT2D eigenvalue weighted by atomic mass is 32.2. The van der Waals surface area contributed by atoms with Gasteiger partial charge in [-0.1, -0.05) is 18.2 Å². The number of benzene rings is 2. The molecule has 178 valence electrons. The Bertz CT molecular complexity index is 1070. The molecule has 0 radical (unpaired) electrons. The molecule has 4 rings (SSSR count). The number of nitrogens with one attached hydrogen (secondary N) is 1. The second kappa shape index (κ2) is 10.7. The molecule has 10 heteroatoms. The monoisotopic (exact) mass is 476 g/mol. The Labute approximate surface area is 194 Å². The summed E-state index contributed by atoms with van der Waals surface area (Å²) < 4.78 is 45.9. The molecule has 2 heterocycles. The zero-order valence-corrected chi connectivity index (χ0v) is 19.3. The number of sulfonamides is 1. The number of carbonyl (C=O) groups excluding carboxylic acids is 1. The molecule has 1 N–H and O–H groups in total. The molecule has 2 aliphatic rings. The number of hydrogen-bond acceptors (Lipinski definition) is 6. The van der Waals surface area contributed by atoms with E-state index >= 15 is 0 Å². The smallest absolute Gasteiger partial charge is 0.243 e. The minimum absolute atomic E-state index is 0.171. The van der Waals surface area contributed by atoms with E-state index in [4.69, 9.17) is 4.74 Å². The summed E-state index contributed by atoms with van der Waals surface area (Å²) in [6.45, 7) is 5.48. The van der Waals surface area contributed by atoms with Crippen molar-refractivity contribution >= 4 is 21.6 Å². The first kappa shape index (κ1) is 23.8. The Morgan fingerprint density at radius 1 is 0.939 bits per heavy atom. The number of rotatable bonds is 7. The molecule has 8 nitrogen and oxygen atoms in total.